The summed E-state index contributed by atoms with van der Waals surface area (Å²) in [6, 6.07) is 15.6. The summed E-state index contributed by atoms with van der Waals surface area (Å²) in [6.07, 6.45) is 0.370. The van der Waals surface area contributed by atoms with Gasteiger partial charge in [-0.3, -0.25) is 0 Å². The number of para-hydroxylation sites is 2. The van der Waals surface area contributed by atoms with E-state index in [4.69, 9.17) is 9.47 Å². The van der Waals surface area contributed by atoms with E-state index in [1.54, 1.807) is 6.92 Å². The number of benzene rings is 2. The zero-order valence-corrected chi connectivity index (χ0v) is 11.5. The molecule has 0 spiro atoms. The van der Waals surface area contributed by atoms with E-state index in [-0.39, 0.29) is 6.10 Å². The Balaban J connectivity index is 1.65. The average molecular weight is 270 g/mol. The number of aliphatic hydroxyl groups is 1. The zero-order chi connectivity index (χ0) is 13.9. The predicted molar refractivity (Wildman–Crippen MR) is 77.1 cm³/mol. The summed E-state index contributed by atoms with van der Waals surface area (Å²) in [4.78, 5) is 0. The number of hydrogen-bond donors (Lipinski definition) is 1. The fraction of sp³-hybridized carbons (Fsp3) is 0.294. The fourth-order valence-corrected chi connectivity index (χ4v) is 2.49. The van der Waals surface area contributed by atoms with Gasteiger partial charge in [0.15, 0.2) is 0 Å². The maximum absolute atomic E-state index is 9.73. The Kier molecular flexibility index (Phi) is 3.61. The molecule has 0 saturated heterocycles. The van der Waals surface area contributed by atoms with Crippen molar-refractivity contribution in [3.8, 4) is 11.5 Å². The first kappa shape index (κ1) is 13.0. The Hall–Kier alpha value is -2.00. The lowest BCUT2D eigenvalue weighted by atomic mass is 10.1. The van der Waals surface area contributed by atoms with Crippen molar-refractivity contribution < 1.29 is 14.6 Å². The molecule has 1 heterocycles. The topological polar surface area (TPSA) is 38.7 Å². The molecule has 2 atom stereocenters. The first-order valence-corrected chi connectivity index (χ1v) is 6.88. The minimum absolute atomic E-state index is 0.0365. The molecule has 3 nitrogen and oxygen atoms in total. The largest absolute Gasteiger partial charge is 0.489 e. The monoisotopic (exact) mass is 270 g/mol. The summed E-state index contributed by atoms with van der Waals surface area (Å²) >= 11 is 0. The van der Waals surface area contributed by atoms with Crippen molar-refractivity contribution in [2.24, 2.45) is 0 Å². The van der Waals surface area contributed by atoms with Gasteiger partial charge in [-0.25, -0.2) is 0 Å². The summed E-state index contributed by atoms with van der Waals surface area (Å²) in [5.41, 5.74) is 2.04. The number of rotatable bonds is 4. The molecule has 0 amide bonds. The summed E-state index contributed by atoms with van der Waals surface area (Å²) < 4.78 is 11.7. The van der Waals surface area contributed by atoms with Gasteiger partial charge in [-0.1, -0.05) is 36.4 Å². The van der Waals surface area contributed by atoms with Gasteiger partial charge >= 0.3 is 0 Å². The molecule has 1 N–H and O–H groups in total. The Morgan fingerprint density at radius 3 is 2.75 bits per heavy atom. The average Bonchev–Trinajstić information content (AvgIpc) is 2.88. The normalized spacial score (nSPS) is 18.2. The lowest BCUT2D eigenvalue weighted by Crippen LogP contribution is -2.22. The van der Waals surface area contributed by atoms with E-state index in [0.717, 1.165) is 23.5 Å². The zero-order valence-electron chi connectivity index (χ0n) is 11.5. The first-order valence-electron chi connectivity index (χ1n) is 6.88. The van der Waals surface area contributed by atoms with Crippen LogP contribution < -0.4 is 9.47 Å². The van der Waals surface area contributed by atoms with Gasteiger partial charge in [0.1, 0.15) is 24.2 Å². The van der Waals surface area contributed by atoms with Crippen LogP contribution in [0.15, 0.2) is 48.5 Å². The van der Waals surface area contributed by atoms with E-state index in [1.807, 2.05) is 42.5 Å². The van der Waals surface area contributed by atoms with Gasteiger partial charge in [0.25, 0.3) is 0 Å². The van der Waals surface area contributed by atoms with E-state index >= 15 is 0 Å². The van der Waals surface area contributed by atoms with Crippen LogP contribution in [0.5, 0.6) is 11.5 Å². The molecule has 2 aromatic carbocycles. The van der Waals surface area contributed by atoms with Crippen LogP contribution >= 0.6 is 0 Å². The molecule has 3 heteroatoms. The van der Waals surface area contributed by atoms with Crippen LogP contribution in [-0.2, 0) is 6.42 Å². The van der Waals surface area contributed by atoms with Gasteiger partial charge in [-0.05, 0) is 24.6 Å². The second-order valence-electron chi connectivity index (χ2n) is 5.08. The van der Waals surface area contributed by atoms with Gasteiger partial charge in [-0.2, -0.15) is 0 Å². The van der Waals surface area contributed by atoms with Crippen LogP contribution in [0.2, 0.25) is 0 Å². The third-order valence-electron chi connectivity index (χ3n) is 3.51. The molecule has 0 aromatic heterocycles. The van der Waals surface area contributed by atoms with Crippen molar-refractivity contribution in [3.63, 3.8) is 0 Å². The standard InChI is InChI=1S/C17H18O3/c1-12(18)15-7-3-5-9-17(15)19-11-14-10-13-6-2-4-8-16(13)20-14/h2-9,12,14,18H,10-11H2,1H3/t12-,14?/m1/s1. The third kappa shape index (κ3) is 2.63. The number of hydrogen-bond acceptors (Lipinski definition) is 3. The predicted octanol–water partition coefficient (Wildman–Crippen LogP) is 3.12. The summed E-state index contributed by atoms with van der Waals surface area (Å²) in [7, 11) is 0. The highest BCUT2D eigenvalue weighted by Gasteiger charge is 2.23. The second-order valence-corrected chi connectivity index (χ2v) is 5.08. The number of ether oxygens (including phenoxy) is 2. The maximum atomic E-state index is 9.73. The lowest BCUT2D eigenvalue weighted by molar-refractivity contribution is 0.141. The van der Waals surface area contributed by atoms with E-state index in [9.17, 15) is 5.11 Å². The van der Waals surface area contributed by atoms with Crippen LogP contribution in [0.4, 0.5) is 0 Å². The summed E-state index contributed by atoms with van der Waals surface area (Å²) in [6.45, 7) is 2.22. The van der Waals surface area contributed by atoms with Gasteiger partial charge in [0.2, 0.25) is 0 Å². The molecule has 0 bridgehead atoms. The fourth-order valence-electron chi connectivity index (χ4n) is 2.49. The van der Waals surface area contributed by atoms with Crippen molar-refractivity contribution in [2.75, 3.05) is 6.61 Å². The van der Waals surface area contributed by atoms with E-state index in [2.05, 4.69) is 6.07 Å². The molecule has 0 aliphatic carbocycles. The Bertz CT molecular complexity index is 567. The smallest absolute Gasteiger partial charge is 0.137 e. The van der Waals surface area contributed by atoms with Crippen molar-refractivity contribution in [3.05, 3.63) is 59.7 Å². The van der Waals surface area contributed by atoms with Gasteiger partial charge in [0.05, 0.1) is 6.10 Å². The molecule has 2 aromatic rings. The number of fused-ring (bicyclic) bond motifs is 1. The molecule has 3 rings (SSSR count). The van der Waals surface area contributed by atoms with Crippen LogP contribution in [0, 0.1) is 0 Å². The molecular formula is C17H18O3. The molecule has 0 fully saturated rings. The van der Waals surface area contributed by atoms with Crippen molar-refractivity contribution >= 4 is 0 Å². The Morgan fingerprint density at radius 1 is 1.20 bits per heavy atom. The molecule has 0 saturated carbocycles. The van der Waals surface area contributed by atoms with E-state index in [0.29, 0.717) is 6.61 Å². The molecule has 1 unspecified atom stereocenters. The van der Waals surface area contributed by atoms with Gasteiger partial charge < -0.3 is 14.6 Å². The van der Waals surface area contributed by atoms with Gasteiger partial charge in [0, 0.05) is 12.0 Å². The molecule has 104 valence electrons. The molecule has 1 aliphatic rings. The van der Waals surface area contributed by atoms with Gasteiger partial charge in [-0.15, -0.1) is 0 Å². The second kappa shape index (κ2) is 5.55. The highest BCUT2D eigenvalue weighted by molar-refractivity contribution is 5.38. The number of aliphatic hydroxyl groups excluding tert-OH is 1. The van der Waals surface area contributed by atoms with Crippen LogP contribution in [0.1, 0.15) is 24.2 Å². The SMILES string of the molecule is C[C@@H](O)c1ccccc1OCC1Cc2ccccc2O1. The summed E-state index contributed by atoms with van der Waals surface area (Å²) in [5.74, 6) is 1.67. The van der Waals surface area contributed by atoms with Crippen molar-refractivity contribution in [2.45, 2.75) is 25.6 Å². The Morgan fingerprint density at radius 2 is 1.95 bits per heavy atom. The van der Waals surface area contributed by atoms with Crippen LogP contribution in [0.3, 0.4) is 0 Å². The highest BCUT2D eigenvalue weighted by Crippen LogP contribution is 2.29. The van der Waals surface area contributed by atoms with E-state index < -0.39 is 6.10 Å². The minimum atomic E-state index is -0.534. The molecule has 20 heavy (non-hydrogen) atoms. The lowest BCUT2D eigenvalue weighted by Gasteiger charge is -2.16. The molecular weight excluding hydrogens is 252 g/mol. The quantitative estimate of drug-likeness (QED) is 0.927. The molecule has 1 aliphatic heterocycles. The minimum Gasteiger partial charge on any atom is -0.489 e. The highest BCUT2D eigenvalue weighted by atomic mass is 16.5. The molecule has 0 radical (unpaired) electrons. The summed E-state index contributed by atoms with van der Waals surface area (Å²) in [5, 5.41) is 9.73. The van der Waals surface area contributed by atoms with E-state index in [1.165, 1.54) is 5.56 Å². The maximum Gasteiger partial charge on any atom is 0.137 e. The van der Waals surface area contributed by atoms with Crippen LogP contribution in [-0.4, -0.2) is 17.8 Å². The van der Waals surface area contributed by atoms with Crippen molar-refractivity contribution in [1.29, 1.82) is 0 Å². The third-order valence-corrected chi connectivity index (χ3v) is 3.51. The van der Waals surface area contributed by atoms with Crippen LogP contribution in [0.25, 0.3) is 0 Å². The Labute approximate surface area is 118 Å². The van der Waals surface area contributed by atoms with Crippen molar-refractivity contribution in [1.82, 2.24) is 0 Å². The first-order chi connectivity index (χ1) is 9.74.